The maximum atomic E-state index is 5.69. The number of rotatable bonds is 4. The van der Waals surface area contributed by atoms with Crippen molar-refractivity contribution in [3.8, 4) is 0 Å². The van der Waals surface area contributed by atoms with E-state index >= 15 is 0 Å². The lowest BCUT2D eigenvalue weighted by Gasteiger charge is -2.34. The normalized spacial score (nSPS) is 18.6. The molecule has 1 fully saturated rings. The fourth-order valence-corrected chi connectivity index (χ4v) is 2.43. The first-order valence-corrected chi connectivity index (χ1v) is 6.91. The van der Waals surface area contributed by atoms with Gasteiger partial charge in [0.15, 0.2) is 5.82 Å². The van der Waals surface area contributed by atoms with Crippen LogP contribution in [0, 0.1) is 0 Å². The predicted molar refractivity (Wildman–Crippen MR) is 72.6 cm³/mol. The van der Waals surface area contributed by atoms with Gasteiger partial charge in [-0.2, -0.15) is 0 Å². The minimum atomic E-state index is -0.414. The molecule has 0 atom stereocenters. The third kappa shape index (κ3) is 2.65. The lowest BCUT2D eigenvalue weighted by atomic mass is 9.93. The number of nitrogens with one attached hydrogen (secondary N) is 1. The molecule has 100 valence electrons. The van der Waals surface area contributed by atoms with Crippen molar-refractivity contribution >= 4 is 21.7 Å². The van der Waals surface area contributed by atoms with Gasteiger partial charge in [0, 0.05) is 45.9 Å². The minimum absolute atomic E-state index is 0.414. The van der Waals surface area contributed by atoms with Gasteiger partial charge in [-0.25, -0.2) is 9.97 Å². The molecule has 5 nitrogen and oxygen atoms in total. The van der Waals surface area contributed by atoms with E-state index in [0.717, 1.165) is 35.5 Å². The monoisotopic (exact) mass is 315 g/mol. The van der Waals surface area contributed by atoms with E-state index in [9.17, 15) is 0 Å². The summed E-state index contributed by atoms with van der Waals surface area (Å²) in [6.45, 7) is 4.22. The van der Waals surface area contributed by atoms with E-state index in [4.69, 9.17) is 9.47 Å². The summed E-state index contributed by atoms with van der Waals surface area (Å²) in [5.41, 5.74) is -0.414. The summed E-state index contributed by atoms with van der Waals surface area (Å²) in [5, 5.41) is 3.21. The van der Waals surface area contributed by atoms with Gasteiger partial charge in [-0.15, -0.1) is 0 Å². The van der Waals surface area contributed by atoms with Gasteiger partial charge in [0.25, 0.3) is 0 Å². The molecule has 2 heterocycles. The van der Waals surface area contributed by atoms with Crippen molar-refractivity contribution in [2.45, 2.75) is 25.4 Å². The zero-order valence-electron chi connectivity index (χ0n) is 10.7. The van der Waals surface area contributed by atoms with Gasteiger partial charge in [-0.05, 0) is 22.9 Å². The van der Waals surface area contributed by atoms with Crippen LogP contribution in [0.2, 0.25) is 0 Å². The molecule has 1 aliphatic heterocycles. The molecule has 0 bridgehead atoms. The summed E-state index contributed by atoms with van der Waals surface area (Å²) in [5.74, 6) is 1.54. The second-order valence-electron chi connectivity index (χ2n) is 4.23. The van der Waals surface area contributed by atoms with Crippen LogP contribution in [0.4, 0.5) is 5.82 Å². The molecule has 0 saturated carbocycles. The molecule has 18 heavy (non-hydrogen) atoms. The highest BCUT2D eigenvalue weighted by Gasteiger charge is 2.37. The number of halogens is 1. The molecule has 0 radical (unpaired) electrons. The number of anilines is 1. The molecule has 1 N–H and O–H groups in total. The van der Waals surface area contributed by atoms with Crippen LogP contribution in [0.1, 0.15) is 25.6 Å². The van der Waals surface area contributed by atoms with Gasteiger partial charge in [-0.3, -0.25) is 0 Å². The molecule has 1 aliphatic rings. The maximum absolute atomic E-state index is 5.69. The molecular weight excluding hydrogens is 298 g/mol. The van der Waals surface area contributed by atoms with E-state index in [1.165, 1.54) is 0 Å². The quantitative estimate of drug-likeness (QED) is 0.924. The van der Waals surface area contributed by atoms with Gasteiger partial charge in [-0.1, -0.05) is 0 Å². The van der Waals surface area contributed by atoms with Crippen molar-refractivity contribution in [3.63, 3.8) is 0 Å². The molecule has 0 aromatic carbocycles. The Kier molecular flexibility index (Phi) is 4.53. The van der Waals surface area contributed by atoms with E-state index in [1.807, 2.05) is 6.92 Å². The number of hydrogen-bond acceptors (Lipinski definition) is 5. The number of ether oxygens (including phenoxy) is 2. The first-order chi connectivity index (χ1) is 8.72. The molecule has 0 amide bonds. The minimum Gasteiger partial charge on any atom is -0.381 e. The van der Waals surface area contributed by atoms with Gasteiger partial charge < -0.3 is 14.8 Å². The van der Waals surface area contributed by atoms with Crippen LogP contribution in [0.3, 0.4) is 0 Å². The summed E-state index contributed by atoms with van der Waals surface area (Å²) in [4.78, 5) is 8.99. The zero-order valence-corrected chi connectivity index (χ0v) is 12.3. The maximum Gasteiger partial charge on any atom is 0.162 e. The smallest absolute Gasteiger partial charge is 0.162 e. The first kappa shape index (κ1) is 13.7. The van der Waals surface area contributed by atoms with Crippen LogP contribution in [-0.4, -0.2) is 36.8 Å². The Balaban J connectivity index is 2.33. The summed E-state index contributed by atoms with van der Waals surface area (Å²) < 4.78 is 11.9. The summed E-state index contributed by atoms with van der Waals surface area (Å²) >= 11 is 3.44. The Morgan fingerprint density at radius 3 is 2.83 bits per heavy atom. The molecule has 1 aromatic heterocycles. The van der Waals surface area contributed by atoms with E-state index in [0.29, 0.717) is 13.2 Å². The highest BCUT2D eigenvalue weighted by Crippen LogP contribution is 2.34. The topological polar surface area (TPSA) is 56.3 Å². The third-order valence-corrected chi connectivity index (χ3v) is 3.77. The number of nitrogens with zero attached hydrogens (tertiary/aromatic N) is 2. The van der Waals surface area contributed by atoms with Gasteiger partial charge >= 0.3 is 0 Å². The van der Waals surface area contributed by atoms with Gasteiger partial charge in [0.2, 0.25) is 0 Å². The Hall–Kier alpha value is -0.720. The van der Waals surface area contributed by atoms with Crippen molar-refractivity contribution in [1.82, 2.24) is 9.97 Å². The summed E-state index contributed by atoms with van der Waals surface area (Å²) in [7, 11) is 1.71. The van der Waals surface area contributed by atoms with E-state index in [-0.39, 0.29) is 0 Å². The molecule has 2 rings (SSSR count). The zero-order chi connectivity index (χ0) is 13.0. The van der Waals surface area contributed by atoms with Crippen LogP contribution >= 0.6 is 15.9 Å². The summed E-state index contributed by atoms with van der Waals surface area (Å²) in [6, 6.07) is 0. The lowest BCUT2D eigenvalue weighted by Crippen LogP contribution is -2.37. The van der Waals surface area contributed by atoms with Crippen molar-refractivity contribution in [2.24, 2.45) is 0 Å². The summed E-state index contributed by atoms with van der Waals surface area (Å²) in [6.07, 6.45) is 3.35. The second kappa shape index (κ2) is 5.95. The molecule has 1 aromatic rings. The standard InChI is InChI=1S/C12H18BrN3O2/c1-3-14-10-9(13)8-15-11(16-10)12(17-2)4-6-18-7-5-12/h8H,3-7H2,1-2H3,(H,14,15,16). The Labute approximate surface area is 115 Å². The molecule has 1 saturated heterocycles. The predicted octanol–water partition coefficient (Wildman–Crippen LogP) is 2.32. The van der Waals surface area contributed by atoms with Gasteiger partial charge in [0.05, 0.1) is 4.47 Å². The van der Waals surface area contributed by atoms with Crippen LogP contribution in [0.15, 0.2) is 10.7 Å². The van der Waals surface area contributed by atoms with E-state index in [1.54, 1.807) is 13.3 Å². The number of hydrogen-bond donors (Lipinski definition) is 1. The highest BCUT2D eigenvalue weighted by atomic mass is 79.9. The SMILES string of the molecule is CCNc1nc(C2(OC)CCOCC2)ncc1Br. The molecule has 0 spiro atoms. The second-order valence-corrected chi connectivity index (χ2v) is 5.09. The Bertz CT molecular complexity index is 408. The first-order valence-electron chi connectivity index (χ1n) is 6.11. The van der Waals surface area contributed by atoms with Crippen molar-refractivity contribution < 1.29 is 9.47 Å². The fraction of sp³-hybridized carbons (Fsp3) is 0.667. The van der Waals surface area contributed by atoms with Crippen molar-refractivity contribution in [3.05, 3.63) is 16.5 Å². The average molecular weight is 316 g/mol. The van der Waals surface area contributed by atoms with Crippen LogP contribution in [-0.2, 0) is 15.1 Å². The highest BCUT2D eigenvalue weighted by molar-refractivity contribution is 9.10. The van der Waals surface area contributed by atoms with Crippen LogP contribution in [0.5, 0.6) is 0 Å². The Morgan fingerprint density at radius 2 is 2.22 bits per heavy atom. The van der Waals surface area contributed by atoms with Crippen LogP contribution in [0.25, 0.3) is 0 Å². The van der Waals surface area contributed by atoms with Crippen LogP contribution < -0.4 is 5.32 Å². The van der Waals surface area contributed by atoms with E-state index in [2.05, 4.69) is 31.2 Å². The van der Waals surface area contributed by atoms with Crippen molar-refractivity contribution in [1.29, 1.82) is 0 Å². The molecule has 0 unspecified atom stereocenters. The number of aromatic nitrogens is 2. The largest absolute Gasteiger partial charge is 0.381 e. The Morgan fingerprint density at radius 1 is 1.50 bits per heavy atom. The molecular formula is C12H18BrN3O2. The molecule has 6 heteroatoms. The third-order valence-electron chi connectivity index (χ3n) is 3.19. The average Bonchev–Trinajstić information content (AvgIpc) is 2.42. The van der Waals surface area contributed by atoms with E-state index < -0.39 is 5.60 Å². The molecule has 0 aliphatic carbocycles. The fourth-order valence-electron chi connectivity index (χ4n) is 2.10. The van der Waals surface area contributed by atoms with Gasteiger partial charge in [0.1, 0.15) is 11.4 Å². The number of methoxy groups -OCH3 is 1. The lowest BCUT2D eigenvalue weighted by molar-refractivity contribution is -0.0999. The van der Waals surface area contributed by atoms with Crippen molar-refractivity contribution in [2.75, 3.05) is 32.2 Å².